The van der Waals surface area contributed by atoms with Crippen molar-refractivity contribution in [2.75, 3.05) is 18.8 Å². The third-order valence-corrected chi connectivity index (χ3v) is 2.76. The van der Waals surface area contributed by atoms with E-state index in [2.05, 4.69) is 20.5 Å². The summed E-state index contributed by atoms with van der Waals surface area (Å²) in [5.74, 6) is -0.132. The van der Waals surface area contributed by atoms with Crippen LogP contribution in [0.25, 0.3) is 0 Å². The molecular formula is C10H16N6O2. The predicted octanol–water partition coefficient (Wildman–Crippen LogP) is -0.872. The maximum absolute atomic E-state index is 11.7. The number of carbonyl (C=O) groups excluding carboxylic acids is 2. The Morgan fingerprint density at radius 3 is 3.00 bits per heavy atom. The Morgan fingerprint density at radius 2 is 2.44 bits per heavy atom. The number of rotatable bonds is 4. The minimum Gasteiger partial charge on any atom is -0.366 e. The number of hydrogen-bond acceptors (Lipinski definition) is 5. The van der Waals surface area contributed by atoms with Gasteiger partial charge < -0.3 is 16.0 Å². The first-order chi connectivity index (χ1) is 8.56. The van der Waals surface area contributed by atoms with E-state index < -0.39 is 0 Å². The van der Waals surface area contributed by atoms with Crippen molar-refractivity contribution in [2.45, 2.75) is 25.8 Å². The topological polar surface area (TPSA) is 117 Å². The van der Waals surface area contributed by atoms with Gasteiger partial charge in [-0.15, -0.1) is 5.10 Å². The van der Waals surface area contributed by atoms with Crippen LogP contribution < -0.4 is 11.1 Å². The Labute approximate surface area is 104 Å². The molecule has 8 heteroatoms. The number of carbonyl (C=O) groups is 2. The molecule has 2 heterocycles. The van der Waals surface area contributed by atoms with Crippen LogP contribution in [0.4, 0.5) is 5.95 Å². The molecule has 1 saturated heterocycles. The molecule has 1 unspecified atom stereocenters. The minimum atomic E-state index is -0.377. The molecule has 1 fully saturated rings. The number of nitrogens with zero attached hydrogens (tertiary/aromatic N) is 3. The second-order valence-corrected chi connectivity index (χ2v) is 4.36. The zero-order valence-electron chi connectivity index (χ0n) is 10.1. The molecule has 0 saturated carbocycles. The molecule has 0 radical (unpaired) electrons. The largest absolute Gasteiger partial charge is 0.366 e. The molecule has 1 aliphatic rings. The van der Waals surface area contributed by atoms with Gasteiger partial charge >= 0.3 is 0 Å². The van der Waals surface area contributed by atoms with Gasteiger partial charge in [0, 0.05) is 25.6 Å². The quantitative estimate of drug-likeness (QED) is 0.643. The van der Waals surface area contributed by atoms with Crippen LogP contribution in [0.15, 0.2) is 0 Å². The SMILES string of the molecule is CC(CN1CCCC1=O)NC(=O)c1nc(N)n[nH]1. The average molecular weight is 252 g/mol. The van der Waals surface area contributed by atoms with E-state index in [1.165, 1.54) is 0 Å². The summed E-state index contributed by atoms with van der Waals surface area (Å²) in [5.41, 5.74) is 5.31. The van der Waals surface area contributed by atoms with E-state index in [1.807, 2.05) is 6.92 Å². The van der Waals surface area contributed by atoms with Gasteiger partial charge in [0.05, 0.1) is 0 Å². The van der Waals surface area contributed by atoms with Crippen molar-refractivity contribution in [1.82, 2.24) is 25.4 Å². The van der Waals surface area contributed by atoms with Crippen molar-refractivity contribution >= 4 is 17.8 Å². The van der Waals surface area contributed by atoms with Gasteiger partial charge in [-0.1, -0.05) is 0 Å². The summed E-state index contributed by atoms with van der Waals surface area (Å²) >= 11 is 0. The molecule has 0 spiro atoms. The summed E-state index contributed by atoms with van der Waals surface area (Å²) < 4.78 is 0. The second-order valence-electron chi connectivity index (χ2n) is 4.36. The molecule has 8 nitrogen and oxygen atoms in total. The first-order valence-electron chi connectivity index (χ1n) is 5.83. The van der Waals surface area contributed by atoms with Gasteiger partial charge in [0.2, 0.25) is 17.7 Å². The van der Waals surface area contributed by atoms with Crippen LogP contribution in [-0.2, 0) is 4.79 Å². The Hall–Kier alpha value is -2.12. The number of amides is 2. The number of nitrogens with two attached hydrogens (primary N) is 1. The van der Waals surface area contributed by atoms with Crippen LogP contribution in [0, 0.1) is 0 Å². The maximum atomic E-state index is 11.7. The number of aromatic nitrogens is 3. The molecule has 2 amide bonds. The molecule has 98 valence electrons. The van der Waals surface area contributed by atoms with Crippen LogP contribution in [0.3, 0.4) is 0 Å². The highest BCUT2D eigenvalue weighted by atomic mass is 16.2. The molecule has 1 aliphatic heterocycles. The Morgan fingerprint density at radius 1 is 1.67 bits per heavy atom. The zero-order valence-corrected chi connectivity index (χ0v) is 10.1. The first kappa shape index (κ1) is 12.3. The number of H-pyrrole nitrogens is 1. The minimum absolute atomic E-state index is 0.0301. The average Bonchev–Trinajstić information content (AvgIpc) is 2.89. The van der Waals surface area contributed by atoms with Crippen LogP contribution in [0.1, 0.15) is 30.4 Å². The van der Waals surface area contributed by atoms with Crippen LogP contribution >= 0.6 is 0 Å². The van der Waals surface area contributed by atoms with Gasteiger partial charge in [0.1, 0.15) is 0 Å². The van der Waals surface area contributed by atoms with Crippen molar-refractivity contribution in [3.63, 3.8) is 0 Å². The van der Waals surface area contributed by atoms with E-state index in [0.29, 0.717) is 13.0 Å². The number of nitrogen functional groups attached to an aromatic ring is 1. The highest BCUT2D eigenvalue weighted by Gasteiger charge is 2.23. The molecule has 0 aromatic carbocycles. The van der Waals surface area contributed by atoms with E-state index in [4.69, 9.17) is 5.73 Å². The number of hydrogen-bond donors (Lipinski definition) is 3. The molecule has 0 bridgehead atoms. The monoisotopic (exact) mass is 252 g/mol. The molecule has 4 N–H and O–H groups in total. The lowest BCUT2D eigenvalue weighted by Crippen LogP contribution is -2.42. The lowest BCUT2D eigenvalue weighted by molar-refractivity contribution is -0.127. The van der Waals surface area contributed by atoms with E-state index in [9.17, 15) is 9.59 Å². The van der Waals surface area contributed by atoms with Crippen molar-refractivity contribution in [3.05, 3.63) is 5.82 Å². The zero-order chi connectivity index (χ0) is 13.1. The van der Waals surface area contributed by atoms with Crippen molar-refractivity contribution in [2.24, 2.45) is 0 Å². The summed E-state index contributed by atoms with van der Waals surface area (Å²) in [4.78, 5) is 28.6. The van der Waals surface area contributed by atoms with E-state index >= 15 is 0 Å². The second kappa shape index (κ2) is 5.03. The summed E-state index contributed by atoms with van der Waals surface area (Å²) in [6.07, 6.45) is 1.48. The first-order valence-corrected chi connectivity index (χ1v) is 5.83. The lowest BCUT2D eigenvalue weighted by atomic mass is 10.3. The van der Waals surface area contributed by atoms with E-state index in [-0.39, 0.29) is 29.6 Å². The number of aromatic amines is 1. The van der Waals surface area contributed by atoms with Crippen LogP contribution in [-0.4, -0.2) is 51.0 Å². The predicted molar refractivity (Wildman–Crippen MR) is 63.5 cm³/mol. The molecule has 0 aliphatic carbocycles. The Balaban J connectivity index is 1.85. The third-order valence-electron chi connectivity index (χ3n) is 2.76. The molecule has 1 aromatic heterocycles. The maximum Gasteiger partial charge on any atom is 0.288 e. The fourth-order valence-electron chi connectivity index (χ4n) is 1.94. The number of nitrogens with one attached hydrogen (secondary N) is 2. The fourth-order valence-corrected chi connectivity index (χ4v) is 1.94. The smallest absolute Gasteiger partial charge is 0.288 e. The van der Waals surface area contributed by atoms with Crippen LogP contribution in [0.2, 0.25) is 0 Å². The van der Waals surface area contributed by atoms with Crippen LogP contribution in [0.5, 0.6) is 0 Å². The normalized spacial score (nSPS) is 16.9. The third kappa shape index (κ3) is 2.76. The Kier molecular flexibility index (Phi) is 3.45. The highest BCUT2D eigenvalue weighted by molar-refractivity contribution is 5.90. The molecular weight excluding hydrogens is 236 g/mol. The number of anilines is 1. The van der Waals surface area contributed by atoms with Gasteiger partial charge in [-0.05, 0) is 13.3 Å². The van der Waals surface area contributed by atoms with E-state index in [1.54, 1.807) is 4.90 Å². The van der Waals surface area contributed by atoms with Crippen molar-refractivity contribution < 1.29 is 9.59 Å². The molecule has 1 atom stereocenters. The van der Waals surface area contributed by atoms with Crippen molar-refractivity contribution in [3.8, 4) is 0 Å². The summed E-state index contributed by atoms with van der Waals surface area (Å²) in [6, 6.07) is -0.147. The van der Waals surface area contributed by atoms with Crippen molar-refractivity contribution in [1.29, 1.82) is 0 Å². The standard InChI is InChI=1S/C10H16N6O2/c1-6(5-16-4-2-3-7(16)17)12-9(18)8-13-10(11)15-14-8/h6H,2-5H2,1H3,(H,12,18)(H3,11,13,14,15). The van der Waals surface area contributed by atoms with Gasteiger partial charge in [-0.3, -0.25) is 14.7 Å². The summed E-state index contributed by atoms with van der Waals surface area (Å²) in [5, 5.41) is 8.75. The highest BCUT2D eigenvalue weighted by Crippen LogP contribution is 2.09. The summed E-state index contributed by atoms with van der Waals surface area (Å²) in [6.45, 7) is 3.10. The van der Waals surface area contributed by atoms with E-state index in [0.717, 1.165) is 13.0 Å². The fraction of sp³-hybridized carbons (Fsp3) is 0.600. The molecule has 18 heavy (non-hydrogen) atoms. The lowest BCUT2D eigenvalue weighted by Gasteiger charge is -2.21. The molecule has 2 rings (SSSR count). The number of likely N-dealkylation sites (tertiary alicyclic amines) is 1. The molecule has 1 aromatic rings. The van der Waals surface area contributed by atoms with Gasteiger partial charge in [0.25, 0.3) is 5.91 Å². The summed E-state index contributed by atoms with van der Waals surface area (Å²) in [7, 11) is 0. The van der Waals surface area contributed by atoms with Gasteiger partial charge in [-0.25, -0.2) is 0 Å². The Bertz CT molecular complexity index is 457. The van der Waals surface area contributed by atoms with Gasteiger partial charge in [0.15, 0.2) is 0 Å². The van der Waals surface area contributed by atoms with Gasteiger partial charge in [-0.2, -0.15) is 4.98 Å².